The molecule has 0 N–H and O–H groups in total. The molecule has 0 spiro atoms. The Morgan fingerprint density at radius 1 is 1.06 bits per heavy atom. The Kier molecular flexibility index (Phi) is 5.68. The van der Waals surface area contributed by atoms with Crippen molar-refractivity contribution in [3.63, 3.8) is 0 Å². The Labute approximate surface area is 204 Å². The first-order valence-electron chi connectivity index (χ1n) is 12.5. The molecular formula is C27H30N4O4. The minimum atomic E-state index is -0.403. The molecule has 1 atom stereocenters. The number of para-hydroxylation sites is 2. The van der Waals surface area contributed by atoms with Crippen LogP contribution in [0.2, 0.25) is 0 Å². The Hall–Kier alpha value is -3.39. The van der Waals surface area contributed by atoms with E-state index in [-0.39, 0.29) is 23.6 Å². The SMILES string of the molecule is COCCn1nc(C2CCCN(C(=O)C3c4ccccc4Oc4ccccc43)C2)n(C2CC2)c1=O. The van der Waals surface area contributed by atoms with Crippen LogP contribution in [0.4, 0.5) is 0 Å². The highest BCUT2D eigenvalue weighted by Gasteiger charge is 2.39. The normalized spacial score (nSPS) is 19.7. The fourth-order valence-electron chi connectivity index (χ4n) is 5.46. The van der Waals surface area contributed by atoms with Crippen molar-refractivity contribution in [2.45, 2.75) is 50.1 Å². The molecule has 2 fully saturated rings. The van der Waals surface area contributed by atoms with Crippen LogP contribution in [0.15, 0.2) is 53.3 Å². The lowest BCUT2D eigenvalue weighted by atomic mass is 9.85. The molecule has 8 heteroatoms. The van der Waals surface area contributed by atoms with Gasteiger partial charge in [-0.1, -0.05) is 36.4 Å². The Balaban J connectivity index is 1.31. The topological polar surface area (TPSA) is 78.6 Å². The molecule has 1 aliphatic carbocycles. The van der Waals surface area contributed by atoms with Gasteiger partial charge in [0.15, 0.2) is 0 Å². The molecule has 3 aliphatic rings. The van der Waals surface area contributed by atoms with Gasteiger partial charge in [0, 0.05) is 43.3 Å². The fraction of sp³-hybridized carbons (Fsp3) is 0.444. The van der Waals surface area contributed by atoms with Crippen LogP contribution in [0.1, 0.15) is 60.5 Å². The monoisotopic (exact) mass is 474 g/mol. The summed E-state index contributed by atoms with van der Waals surface area (Å²) in [5.74, 6) is 2.00. The predicted molar refractivity (Wildman–Crippen MR) is 130 cm³/mol. The molecule has 1 aromatic heterocycles. The molecule has 1 amide bonds. The zero-order chi connectivity index (χ0) is 23.9. The third kappa shape index (κ3) is 3.95. The van der Waals surface area contributed by atoms with Gasteiger partial charge in [-0.25, -0.2) is 9.48 Å². The van der Waals surface area contributed by atoms with Crippen molar-refractivity contribution < 1.29 is 14.3 Å². The van der Waals surface area contributed by atoms with Gasteiger partial charge in [0.1, 0.15) is 17.3 Å². The highest BCUT2D eigenvalue weighted by Crippen LogP contribution is 2.45. The summed E-state index contributed by atoms with van der Waals surface area (Å²) < 4.78 is 14.7. The smallest absolute Gasteiger partial charge is 0.346 e. The standard InChI is InChI=1S/C27H30N4O4/c1-34-16-15-30-27(33)31(19-12-13-19)25(28-30)18-7-6-14-29(17-18)26(32)24-20-8-2-4-10-22(20)35-23-11-5-3-9-21(23)24/h2-5,8-11,18-19,24H,6-7,12-17H2,1H3. The molecule has 8 nitrogen and oxygen atoms in total. The molecule has 6 rings (SSSR count). The van der Waals surface area contributed by atoms with E-state index in [4.69, 9.17) is 14.6 Å². The van der Waals surface area contributed by atoms with Gasteiger partial charge in [0.05, 0.1) is 19.1 Å². The van der Waals surface area contributed by atoms with Crippen LogP contribution in [-0.4, -0.2) is 52.0 Å². The number of likely N-dealkylation sites (tertiary alicyclic amines) is 1. The summed E-state index contributed by atoms with van der Waals surface area (Å²) in [5, 5.41) is 4.74. The maximum Gasteiger partial charge on any atom is 0.346 e. The van der Waals surface area contributed by atoms with E-state index in [1.807, 2.05) is 58.0 Å². The number of rotatable bonds is 6. The molecule has 2 aromatic carbocycles. The lowest BCUT2D eigenvalue weighted by Gasteiger charge is -2.36. The molecular weight excluding hydrogens is 444 g/mol. The third-order valence-electron chi connectivity index (χ3n) is 7.34. The minimum absolute atomic E-state index is 0.0372. The Morgan fingerprint density at radius 3 is 2.40 bits per heavy atom. The van der Waals surface area contributed by atoms with E-state index >= 15 is 0 Å². The van der Waals surface area contributed by atoms with Crippen LogP contribution < -0.4 is 10.4 Å². The number of amides is 1. The number of piperidine rings is 1. The van der Waals surface area contributed by atoms with Gasteiger partial charge in [0.25, 0.3) is 0 Å². The van der Waals surface area contributed by atoms with E-state index in [2.05, 4.69) is 0 Å². The molecule has 2 aliphatic heterocycles. The molecule has 1 saturated carbocycles. The Bertz CT molecular complexity index is 1260. The molecule has 3 heterocycles. The van der Waals surface area contributed by atoms with Crippen LogP contribution in [-0.2, 0) is 16.1 Å². The van der Waals surface area contributed by atoms with Crippen molar-refractivity contribution >= 4 is 5.91 Å². The Morgan fingerprint density at radius 2 is 1.74 bits per heavy atom. The summed E-state index contributed by atoms with van der Waals surface area (Å²) in [6.45, 7) is 2.15. The van der Waals surface area contributed by atoms with Crippen molar-refractivity contribution in [3.05, 3.63) is 76.0 Å². The maximum atomic E-state index is 14.1. The highest BCUT2D eigenvalue weighted by molar-refractivity contribution is 5.89. The summed E-state index contributed by atoms with van der Waals surface area (Å²) in [6.07, 6.45) is 3.81. The van der Waals surface area contributed by atoms with Crippen molar-refractivity contribution in [2.24, 2.45) is 0 Å². The molecule has 182 valence electrons. The lowest BCUT2D eigenvalue weighted by molar-refractivity contribution is -0.133. The van der Waals surface area contributed by atoms with Gasteiger partial charge >= 0.3 is 5.69 Å². The molecule has 1 saturated heterocycles. The molecule has 35 heavy (non-hydrogen) atoms. The van der Waals surface area contributed by atoms with Gasteiger partial charge in [-0.3, -0.25) is 9.36 Å². The van der Waals surface area contributed by atoms with Crippen molar-refractivity contribution in [3.8, 4) is 11.5 Å². The number of hydrogen-bond donors (Lipinski definition) is 0. The van der Waals surface area contributed by atoms with Crippen LogP contribution in [0.25, 0.3) is 0 Å². The second-order valence-corrected chi connectivity index (χ2v) is 9.69. The largest absolute Gasteiger partial charge is 0.457 e. The van der Waals surface area contributed by atoms with Gasteiger partial charge in [-0.15, -0.1) is 0 Å². The number of fused-ring (bicyclic) bond motifs is 2. The second-order valence-electron chi connectivity index (χ2n) is 9.69. The van der Waals surface area contributed by atoms with Crippen LogP contribution >= 0.6 is 0 Å². The van der Waals surface area contributed by atoms with Crippen molar-refractivity contribution in [2.75, 3.05) is 26.8 Å². The van der Waals surface area contributed by atoms with E-state index in [0.29, 0.717) is 26.2 Å². The average Bonchev–Trinajstić information content (AvgIpc) is 3.68. The summed E-state index contributed by atoms with van der Waals surface area (Å²) in [6, 6.07) is 15.8. The molecule has 1 unspecified atom stereocenters. The average molecular weight is 475 g/mol. The van der Waals surface area contributed by atoms with Crippen molar-refractivity contribution in [1.82, 2.24) is 19.2 Å². The number of benzene rings is 2. The summed E-state index contributed by atoms with van der Waals surface area (Å²) >= 11 is 0. The van der Waals surface area contributed by atoms with E-state index < -0.39 is 5.92 Å². The molecule has 0 bridgehead atoms. The number of carbonyl (C=O) groups excluding carboxylic acids is 1. The first-order valence-corrected chi connectivity index (χ1v) is 12.5. The van der Waals surface area contributed by atoms with Crippen molar-refractivity contribution in [1.29, 1.82) is 0 Å². The van der Waals surface area contributed by atoms with Gasteiger partial charge in [0.2, 0.25) is 5.91 Å². The number of carbonyl (C=O) groups is 1. The van der Waals surface area contributed by atoms with Crippen LogP contribution in [0, 0.1) is 0 Å². The van der Waals surface area contributed by atoms with E-state index in [1.165, 1.54) is 4.68 Å². The highest BCUT2D eigenvalue weighted by atomic mass is 16.5. The van der Waals surface area contributed by atoms with E-state index in [9.17, 15) is 9.59 Å². The fourth-order valence-corrected chi connectivity index (χ4v) is 5.46. The third-order valence-corrected chi connectivity index (χ3v) is 7.34. The van der Waals surface area contributed by atoms with Gasteiger partial charge < -0.3 is 14.4 Å². The summed E-state index contributed by atoms with van der Waals surface area (Å²) in [5.41, 5.74) is 1.74. The van der Waals surface area contributed by atoms with Gasteiger partial charge in [-0.05, 0) is 37.8 Å². The lowest BCUT2D eigenvalue weighted by Crippen LogP contribution is -2.43. The number of ether oxygens (including phenoxy) is 2. The molecule has 3 aromatic rings. The summed E-state index contributed by atoms with van der Waals surface area (Å²) in [7, 11) is 1.63. The van der Waals surface area contributed by atoms with E-state index in [1.54, 1.807) is 7.11 Å². The first-order chi connectivity index (χ1) is 17.2. The maximum absolute atomic E-state index is 14.1. The number of nitrogens with zero attached hydrogens (tertiary/aromatic N) is 4. The van der Waals surface area contributed by atoms with E-state index in [0.717, 1.165) is 54.1 Å². The first kappa shape index (κ1) is 22.1. The molecule has 0 radical (unpaired) electrons. The number of hydrogen-bond acceptors (Lipinski definition) is 5. The zero-order valence-corrected chi connectivity index (χ0v) is 19.9. The second kappa shape index (κ2) is 9.00. The predicted octanol–water partition coefficient (Wildman–Crippen LogP) is 3.67. The minimum Gasteiger partial charge on any atom is -0.457 e. The number of methoxy groups -OCH3 is 1. The zero-order valence-electron chi connectivity index (χ0n) is 19.9. The van der Waals surface area contributed by atoms with Crippen LogP contribution in [0.5, 0.6) is 11.5 Å². The van der Waals surface area contributed by atoms with Crippen LogP contribution in [0.3, 0.4) is 0 Å². The number of aromatic nitrogens is 3. The van der Waals surface area contributed by atoms with Gasteiger partial charge in [-0.2, -0.15) is 5.10 Å². The quantitative estimate of drug-likeness (QED) is 0.545. The summed E-state index contributed by atoms with van der Waals surface area (Å²) in [4.78, 5) is 29.1.